The van der Waals surface area contributed by atoms with Crippen molar-refractivity contribution < 1.29 is 23.8 Å². The zero-order valence-corrected chi connectivity index (χ0v) is 25.7. The summed E-state index contributed by atoms with van der Waals surface area (Å²) in [5, 5.41) is 0. The van der Waals surface area contributed by atoms with E-state index in [0.717, 1.165) is 40.9 Å². The molecule has 4 aliphatic carbocycles. The standard InChI is InChI=1S/C38H44O5/c1-36(2,3)26-41-35(40)43-34(39)30-14-16-33(17-15-30)38(31-10-6-4-7-11-31,32-12-8-5-9-13-32)42-19-18-37-23-27-20-28(24-37)22-29(21-27)25-37/h4-17,27-29H,18-26H2,1-3H3. The molecule has 4 fully saturated rings. The molecule has 0 aliphatic heterocycles. The van der Waals surface area contributed by atoms with Crippen molar-refractivity contribution in [2.75, 3.05) is 13.2 Å². The molecule has 3 aromatic rings. The van der Waals surface area contributed by atoms with Gasteiger partial charge >= 0.3 is 12.1 Å². The van der Waals surface area contributed by atoms with Crippen molar-refractivity contribution in [3.8, 4) is 0 Å². The Balaban J connectivity index is 1.28. The highest BCUT2D eigenvalue weighted by atomic mass is 16.7. The Morgan fingerprint density at radius 3 is 1.70 bits per heavy atom. The number of carbonyl (C=O) groups is 2. The van der Waals surface area contributed by atoms with Gasteiger partial charge in [-0.25, -0.2) is 9.59 Å². The molecule has 0 N–H and O–H groups in total. The Morgan fingerprint density at radius 2 is 1.21 bits per heavy atom. The van der Waals surface area contributed by atoms with E-state index in [1.165, 1.54) is 38.5 Å². The van der Waals surface area contributed by atoms with Crippen molar-refractivity contribution in [2.24, 2.45) is 28.6 Å². The van der Waals surface area contributed by atoms with Gasteiger partial charge in [-0.05, 0) is 102 Å². The summed E-state index contributed by atoms with van der Waals surface area (Å²) in [6, 6.07) is 27.9. The summed E-state index contributed by atoms with van der Waals surface area (Å²) in [4.78, 5) is 24.9. The van der Waals surface area contributed by atoms with Crippen LogP contribution in [-0.4, -0.2) is 25.3 Å². The first kappa shape index (κ1) is 29.6. The molecule has 0 atom stereocenters. The fourth-order valence-electron chi connectivity index (χ4n) is 8.39. The van der Waals surface area contributed by atoms with Gasteiger partial charge in [-0.15, -0.1) is 0 Å². The van der Waals surface area contributed by atoms with E-state index in [0.29, 0.717) is 12.0 Å². The minimum Gasteiger partial charge on any atom is -0.433 e. The summed E-state index contributed by atoms with van der Waals surface area (Å²) in [6.45, 7) is 6.64. The molecule has 0 radical (unpaired) electrons. The number of esters is 1. The maximum atomic E-state index is 12.8. The van der Waals surface area contributed by atoms with Gasteiger partial charge in [0.05, 0.1) is 12.2 Å². The topological polar surface area (TPSA) is 61.8 Å². The van der Waals surface area contributed by atoms with Gasteiger partial charge in [0.25, 0.3) is 0 Å². The van der Waals surface area contributed by atoms with Crippen molar-refractivity contribution in [1.29, 1.82) is 0 Å². The lowest BCUT2D eigenvalue weighted by atomic mass is 9.49. The van der Waals surface area contributed by atoms with Gasteiger partial charge in [0.2, 0.25) is 0 Å². The van der Waals surface area contributed by atoms with Crippen molar-refractivity contribution in [1.82, 2.24) is 0 Å². The molecule has 4 aliphatic rings. The van der Waals surface area contributed by atoms with Crippen LogP contribution in [0.15, 0.2) is 84.9 Å². The molecule has 0 heterocycles. The quantitative estimate of drug-likeness (QED) is 0.144. The second kappa shape index (κ2) is 11.9. The first-order valence-electron chi connectivity index (χ1n) is 15.9. The van der Waals surface area contributed by atoms with Crippen LogP contribution in [0.25, 0.3) is 0 Å². The van der Waals surface area contributed by atoms with Crippen LogP contribution in [0.4, 0.5) is 4.79 Å². The van der Waals surface area contributed by atoms with Crippen molar-refractivity contribution >= 4 is 12.1 Å². The Bertz CT molecular complexity index is 1330. The SMILES string of the molecule is CC(C)(C)COC(=O)OC(=O)c1ccc(C(OCCC23CC4CC(CC(C4)C2)C3)(c2ccccc2)c2ccccc2)cc1. The van der Waals surface area contributed by atoms with E-state index in [2.05, 4.69) is 24.3 Å². The molecule has 4 saturated carbocycles. The summed E-state index contributed by atoms with van der Waals surface area (Å²) in [7, 11) is 0. The van der Waals surface area contributed by atoms with E-state index in [1.807, 2.05) is 69.3 Å². The predicted octanol–water partition coefficient (Wildman–Crippen LogP) is 8.94. The highest BCUT2D eigenvalue weighted by Gasteiger charge is 2.51. The summed E-state index contributed by atoms with van der Waals surface area (Å²) < 4.78 is 17.3. The van der Waals surface area contributed by atoms with Gasteiger partial charge in [-0.2, -0.15) is 0 Å². The van der Waals surface area contributed by atoms with E-state index < -0.39 is 17.7 Å². The fourth-order valence-corrected chi connectivity index (χ4v) is 8.39. The zero-order valence-electron chi connectivity index (χ0n) is 25.7. The second-order valence-electron chi connectivity index (χ2n) is 14.5. The minimum absolute atomic E-state index is 0.162. The first-order valence-corrected chi connectivity index (χ1v) is 15.9. The molecule has 0 unspecified atom stereocenters. The Morgan fingerprint density at radius 1 is 0.721 bits per heavy atom. The maximum absolute atomic E-state index is 12.8. The molecule has 0 saturated heterocycles. The monoisotopic (exact) mass is 580 g/mol. The van der Waals surface area contributed by atoms with Gasteiger partial charge in [-0.1, -0.05) is 93.6 Å². The summed E-state index contributed by atoms with van der Waals surface area (Å²) >= 11 is 0. The average Bonchev–Trinajstić information content (AvgIpc) is 2.98. The molecule has 0 aromatic heterocycles. The normalized spacial score (nSPS) is 24.5. The van der Waals surface area contributed by atoms with Crippen molar-refractivity contribution in [3.05, 3.63) is 107 Å². The van der Waals surface area contributed by atoms with E-state index in [1.54, 1.807) is 12.1 Å². The van der Waals surface area contributed by atoms with Gasteiger partial charge in [0, 0.05) is 6.61 Å². The number of rotatable bonds is 9. The third-order valence-electron chi connectivity index (χ3n) is 9.80. The van der Waals surface area contributed by atoms with Crippen LogP contribution in [-0.2, 0) is 19.8 Å². The van der Waals surface area contributed by atoms with Crippen LogP contribution in [0.3, 0.4) is 0 Å². The molecule has 43 heavy (non-hydrogen) atoms. The third-order valence-corrected chi connectivity index (χ3v) is 9.80. The van der Waals surface area contributed by atoms with Gasteiger partial charge in [-0.3, -0.25) is 0 Å². The van der Waals surface area contributed by atoms with E-state index in [9.17, 15) is 9.59 Å². The molecule has 7 rings (SSSR count). The fraction of sp³-hybridized carbons (Fsp3) is 0.474. The molecule has 3 aromatic carbocycles. The molecule has 5 heteroatoms. The average molecular weight is 581 g/mol. The zero-order chi connectivity index (χ0) is 30.1. The number of benzene rings is 3. The van der Waals surface area contributed by atoms with Gasteiger partial charge in [0.15, 0.2) is 0 Å². The van der Waals surface area contributed by atoms with Crippen LogP contribution in [0.1, 0.15) is 92.8 Å². The van der Waals surface area contributed by atoms with Crippen LogP contribution < -0.4 is 0 Å². The Hall–Kier alpha value is -3.44. The lowest BCUT2D eigenvalue weighted by molar-refractivity contribution is -0.0819. The largest absolute Gasteiger partial charge is 0.516 e. The highest BCUT2D eigenvalue weighted by molar-refractivity contribution is 5.95. The van der Waals surface area contributed by atoms with E-state index >= 15 is 0 Å². The van der Waals surface area contributed by atoms with Gasteiger partial charge < -0.3 is 14.2 Å². The summed E-state index contributed by atoms with van der Waals surface area (Å²) in [5.74, 6) is 1.96. The number of hydrogen-bond donors (Lipinski definition) is 0. The first-order chi connectivity index (χ1) is 20.6. The molecular formula is C38H44O5. The Kier molecular flexibility index (Phi) is 8.21. The van der Waals surface area contributed by atoms with E-state index in [-0.39, 0.29) is 17.6 Å². The Labute approximate surface area is 255 Å². The molecule has 4 bridgehead atoms. The van der Waals surface area contributed by atoms with Crippen molar-refractivity contribution in [3.63, 3.8) is 0 Å². The van der Waals surface area contributed by atoms with E-state index in [4.69, 9.17) is 14.2 Å². The van der Waals surface area contributed by atoms with Crippen molar-refractivity contribution in [2.45, 2.75) is 71.3 Å². The van der Waals surface area contributed by atoms with Gasteiger partial charge in [0.1, 0.15) is 5.60 Å². The minimum atomic E-state index is -0.986. The number of carbonyl (C=O) groups excluding carboxylic acids is 2. The molecular weight excluding hydrogens is 536 g/mol. The predicted molar refractivity (Wildman–Crippen MR) is 167 cm³/mol. The van der Waals surface area contributed by atoms with Crippen LogP contribution in [0.2, 0.25) is 0 Å². The number of ether oxygens (including phenoxy) is 3. The molecule has 0 amide bonds. The van der Waals surface area contributed by atoms with Crippen LogP contribution in [0, 0.1) is 28.6 Å². The smallest absolute Gasteiger partial charge is 0.433 e. The van der Waals surface area contributed by atoms with Crippen LogP contribution >= 0.6 is 0 Å². The molecule has 226 valence electrons. The second-order valence-corrected chi connectivity index (χ2v) is 14.5. The maximum Gasteiger partial charge on any atom is 0.516 e. The molecule has 5 nitrogen and oxygen atoms in total. The highest BCUT2D eigenvalue weighted by Crippen LogP contribution is 2.61. The van der Waals surface area contributed by atoms with Crippen LogP contribution in [0.5, 0.6) is 0 Å². The molecule has 0 spiro atoms. The summed E-state index contributed by atoms with van der Waals surface area (Å²) in [5.41, 5.74) is 2.59. The number of hydrogen-bond acceptors (Lipinski definition) is 5. The third kappa shape index (κ3) is 6.43. The lowest BCUT2D eigenvalue weighted by Crippen LogP contribution is -2.46. The summed E-state index contributed by atoms with van der Waals surface area (Å²) in [6.07, 6.45) is 8.42. The lowest BCUT2D eigenvalue weighted by Gasteiger charge is -2.57.